The van der Waals surface area contributed by atoms with Crippen LogP contribution < -0.4 is 5.32 Å². The Kier molecular flexibility index (Phi) is 3.14. The molecule has 0 unspecified atom stereocenters. The summed E-state index contributed by atoms with van der Waals surface area (Å²) in [5, 5.41) is 3.73. The van der Waals surface area contributed by atoms with E-state index in [1.807, 2.05) is 13.8 Å². The van der Waals surface area contributed by atoms with E-state index in [0.717, 1.165) is 35.8 Å². The fourth-order valence-electron chi connectivity index (χ4n) is 1.84. The summed E-state index contributed by atoms with van der Waals surface area (Å²) in [6, 6.07) is 0. The zero-order chi connectivity index (χ0) is 13.4. The minimum Gasteiger partial charge on any atom is -0.444 e. The summed E-state index contributed by atoms with van der Waals surface area (Å²) >= 11 is 6.15. The molecule has 0 amide bonds. The lowest BCUT2D eigenvalue weighted by molar-refractivity contribution is 0.478. The predicted molar refractivity (Wildman–Crippen MR) is 72.3 cm³/mol. The number of anilines is 1. The molecular formula is C13H15ClN4O. The minimum atomic E-state index is 0.475. The van der Waals surface area contributed by atoms with Crippen molar-refractivity contribution >= 4 is 17.4 Å². The standard InChI is InChI=1S/C13H15ClN4O/c1-7-5-15-10(19-7)6-16-12-8(2)11(14)17-13(18-12)9-3-4-9/h5,9H,3-4,6H2,1-2H3,(H,16,17,18). The quantitative estimate of drug-likeness (QED) is 0.870. The van der Waals surface area contributed by atoms with Crippen LogP contribution in [0.5, 0.6) is 0 Å². The maximum absolute atomic E-state index is 6.15. The van der Waals surface area contributed by atoms with E-state index in [9.17, 15) is 0 Å². The number of nitrogens with zero attached hydrogens (tertiary/aromatic N) is 3. The lowest BCUT2D eigenvalue weighted by Gasteiger charge is -2.09. The predicted octanol–water partition coefficient (Wildman–Crippen LogP) is 3.22. The van der Waals surface area contributed by atoms with Crippen molar-refractivity contribution in [1.82, 2.24) is 15.0 Å². The molecule has 0 aromatic carbocycles. The van der Waals surface area contributed by atoms with Crippen molar-refractivity contribution in [2.24, 2.45) is 0 Å². The van der Waals surface area contributed by atoms with Gasteiger partial charge in [-0.25, -0.2) is 15.0 Å². The highest BCUT2D eigenvalue weighted by molar-refractivity contribution is 6.30. The van der Waals surface area contributed by atoms with Gasteiger partial charge in [0.2, 0.25) is 5.89 Å². The van der Waals surface area contributed by atoms with Crippen LogP contribution >= 0.6 is 11.6 Å². The SMILES string of the molecule is Cc1cnc(CNc2nc(C3CC3)nc(Cl)c2C)o1. The molecule has 2 aromatic rings. The smallest absolute Gasteiger partial charge is 0.213 e. The first-order valence-corrected chi connectivity index (χ1v) is 6.70. The van der Waals surface area contributed by atoms with Crippen molar-refractivity contribution in [3.05, 3.63) is 34.4 Å². The molecule has 0 atom stereocenters. The third kappa shape index (κ3) is 2.71. The molecule has 6 heteroatoms. The van der Waals surface area contributed by atoms with Crippen LogP contribution in [0.2, 0.25) is 5.15 Å². The minimum absolute atomic E-state index is 0.475. The van der Waals surface area contributed by atoms with Crippen LogP contribution in [0.15, 0.2) is 10.6 Å². The Hall–Kier alpha value is -1.62. The second kappa shape index (κ2) is 4.81. The molecule has 1 aliphatic rings. The molecule has 0 spiro atoms. The second-order valence-corrected chi connectivity index (χ2v) is 5.20. The van der Waals surface area contributed by atoms with Gasteiger partial charge in [-0.05, 0) is 26.7 Å². The Morgan fingerprint density at radius 3 is 2.79 bits per heavy atom. The molecule has 0 saturated heterocycles. The van der Waals surface area contributed by atoms with Crippen LogP contribution in [-0.2, 0) is 6.54 Å². The van der Waals surface area contributed by atoms with Crippen LogP contribution in [0.3, 0.4) is 0 Å². The fourth-order valence-corrected chi connectivity index (χ4v) is 2.02. The lowest BCUT2D eigenvalue weighted by atomic mass is 10.3. The molecule has 0 aliphatic heterocycles. The van der Waals surface area contributed by atoms with Gasteiger partial charge in [-0.1, -0.05) is 11.6 Å². The van der Waals surface area contributed by atoms with E-state index in [2.05, 4.69) is 20.3 Å². The Labute approximate surface area is 116 Å². The highest BCUT2D eigenvalue weighted by Crippen LogP contribution is 2.39. The van der Waals surface area contributed by atoms with E-state index < -0.39 is 0 Å². The lowest BCUT2D eigenvalue weighted by Crippen LogP contribution is -2.07. The van der Waals surface area contributed by atoms with Crippen LogP contribution in [0.25, 0.3) is 0 Å². The molecule has 3 rings (SSSR count). The largest absolute Gasteiger partial charge is 0.444 e. The molecular weight excluding hydrogens is 264 g/mol. The summed E-state index contributed by atoms with van der Waals surface area (Å²) in [5.74, 6) is 3.51. The van der Waals surface area contributed by atoms with Gasteiger partial charge in [0.25, 0.3) is 0 Å². The number of oxazole rings is 1. The van der Waals surface area contributed by atoms with Crippen LogP contribution in [0.1, 0.15) is 41.8 Å². The van der Waals surface area contributed by atoms with Gasteiger partial charge >= 0.3 is 0 Å². The molecule has 1 N–H and O–H groups in total. The van der Waals surface area contributed by atoms with Gasteiger partial charge in [0.05, 0.1) is 12.7 Å². The summed E-state index contributed by atoms with van der Waals surface area (Å²) in [5.41, 5.74) is 0.856. The topological polar surface area (TPSA) is 63.8 Å². The number of aromatic nitrogens is 3. The third-order valence-electron chi connectivity index (χ3n) is 3.12. The molecule has 1 aliphatic carbocycles. The van der Waals surface area contributed by atoms with Crippen molar-refractivity contribution < 1.29 is 4.42 Å². The third-order valence-corrected chi connectivity index (χ3v) is 3.49. The van der Waals surface area contributed by atoms with Crippen molar-refractivity contribution in [2.45, 2.75) is 39.2 Å². The zero-order valence-corrected chi connectivity index (χ0v) is 11.7. The summed E-state index contributed by atoms with van der Waals surface area (Å²) < 4.78 is 5.42. The average molecular weight is 279 g/mol. The fraction of sp³-hybridized carbons (Fsp3) is 0.462. The van der Waals surface area contributed by atoms with Crippen LogP contribution in [0.4, 0.5) is 5.82 Å². The van der Waals surface area contributed by atoms with Crippen molar-refractivity contribution in [1.29, 1.82) is 0 Å². The van der Waals surface area contributed by atoms with E-state index >= 15 is 0 Å². The zero-order valence-electron chi connectivity index (χ0n) is 10.9. The summed E-state index contributed by atoms with van der Waals surface area (Å²) in [6.45, 7) is 4.27. The summed E-state index contributed by atoms with van der Waals surface area (Å²) in [6.07, 6.45) is 4.00. The summed E-state index contributed by atoms with van der Waals surface area (Å²) in [7, 11) is 0. The monoisotopic (exact) mass is 278 g/mol. The Bertz CT molecular complexity index is 607. The van der Waals surface area contributed by atoms with E-state index in [1.165, 1.54) is 0 Å². The number of hydrogen-bond donors (Lipinski definition) is 1. The number of aryl methyl sites for hydroxylation is 1. The maximum atomic E-state index is 6.15. The molecule has 5 nitrogen and oxygen atoms in total. The Morgan fingerprint density at radius 2 is 2.16 bits per heavy atom. The highest BCUT2D eigenvalue weighted by atomic mass is 35.5. The molecule has 1 fully saturated rings. The van der Waals surface area contributed by atoms with Crippen molar-refractivity contribution in [2.75, 3.05) is 5.32 Å². The van der Waals surface area contributed by atoms with Gasteiger partial charge in [-0.15, -0.1) is 0 Å². The van der Waals surface area contributed by atoms with E-state index in [0.29, 0.717) is 23.5 Å². The van der Waals surface area contributed by atoms with Gasteiger partial charge in [0.1, 0.15) is 22.6 Å². The van der Waals surface area contributed by atoms with Gasteiger partial charge in [-0.3, -0.25) is 0 Å². The first-order valence-electron chi connectivity index (χ1n) is 6.32. The van der Waals surface area contributed by atoms with Gasteiger partial charge in [0, 0.05) is 11.5 Å². The average Bonchev–Trinajstić information content (AvgIpc) is 3.15. The van der Waals surface area contributed by atoms with Gasteiger partial charge in [0.15, 0.2) is 0 Å². The Morgan fingerprint density at radius 1 is 1.37 bits per heavy atom. The molecule has 2 aromatic heterocycles. The van der Waals surface area contributed by atoms with Crippen molar-refractivity contribution in [3.63, 3.8) is 0 Å². The van der Waals surface area contributed by atoms with E-state index in [4.69, 9.17) is 16.0 Å². The van der Waals surface area contributed by atoms with E-state index in [1.54, 1.807) is 6.20 Å². The highest BCUT2D eigenvalue weighted by Gasteiger charge is 2.28. The molecule has 0 bridgehead atoms. The van der Waals surface area contributed by atoms with Crippen LogP contribution in [0, 0.1) is 13.8 Å². The molecule has 0 radical (unpaired) electrons. The normalized spacial score (nSPS) is 14.7. The maximum Gasteiger partial charge on any atom is 0.213 e. The molecule has 2 heterocycles. The first-order chi connectivity index (χ1) is 9.13. The van der Waals surface area contributed by atoms with Crippen molar-refractivity contribution in [3.8, 4) is 0 Å². The number of hydrogen-bond acceptors (Lipinski definition) is 5. The number of nitrogens with one attached hydrogen (secondary N) is 1. The van der Waals surface area contributed by atoms with E-state index in [-0.39, 0.29) is 0 Å². The Balaban J connectivity index is 1.79. The molecule has 19 heavy (non-hydrogen) atoms. The number of halogens is 1. The number of rotatable bonds is 4. The van der Waals surface area contributed by atoms with Crippen LogP contribution in [-0.4, -0.2) is 15.0 Å². The second-order valence-electron chi connectivity index (χ2n) is 4.84. The van der Waals surface area contributed by atoms with Gasteiger partial charge < -0.3 is 9.73 Å². The molecule has 1 saturated carbocycles. The summed E-state index contributed by atoms with van der Waals surface area (Å²) in [4.78, 5) is 13.0. The van der Waals surface area contributed by atoms with Gasteiger partial charge in [-0.2, -0.15) is 0 Å². The first kappa shape index (κ1) is 12.4. The molecule has 100 valence electrons.